The third-order valence-corrected chi connectivity index (χ3v) is 2.43. The number of carboxylic acid groups (broad SMARTS) is 1. The maximum atomic E-state index is 11.7. The number of aromatic nitrogens is 1. The second-order valence-corrected chi connectivity index (χ2v) is 3.90. The first-order valence-corrected chi connectivity index (χ1v) is 5.56. The molecular formula is C11H13ClN2O4. The van der Waals surface area contributed by atoms with Crippen molar-refractivity contribution in [1.29, 1.82) is 0 Å². The number of pyridine rings is 1. The number of amides is 1. The third-order valence-electron chi connectivity index (χ3n) is 2.20. The quantitative estimate of drug-likeness (QED) is 0.753. The monoisotopic (exact) mass is 272 g/mol. The fourth-order valence-corrected chi connectivity index (χ4v) is 1.36. The van der Waals surface area contributed by atoms with E-state index in [-0.39, 0.29) is 23.7 Å². The summed E-state index contributed by atoms with van der Waals surface area (Å²) in [5.41, 5.74) is 0.253. The van der Waals surface area contributed by atoms with Gasteiger partial charge in [0, 0.05) is 26.3 Å². The average molecular weight is 273 g/mol. The van der Waals surface area contributed by atoms with E-state index in [1.807, 2.05) is 0 Å². The van der Waals surface area contributed by atoms with E-state index in [1.165, 1.54) is 25.4 Å². The van der Waals surface area contributed by atoms with Gasteiger partial charge in [-0.25, -0.2) is 9.78 Å². The van der Waals surface area contributed by atoms with Crippen LogP contribution >= 0.6 is 11.6 Å². The summed E-state index contributed by atoms with van der Waals surface area (Å²) in [7, 11) is 1.46. The van der Waals surface area contributed by atoms with Gasteiger partial charge in [-0.3, -0.25) is 4.79 Å². The summed E-state index contributed by atoms with van der Waals surface area (Å²) in [5, 5.41) is 11.6. The van der Waals surface area contributed by atoms with Gasteiger partial charge in [-0.2, -0.15) is 0 Å². The minimum atomic E-state index is -1.11. The van der Waals surface area contributed by atoms with Crippen LogP contribution in [0.1, 0.15) is 16.8 Å². The van der Waals surface area contributed by atoms with Crippen LogP contribution < -0.4 is 5.32 Å². The Bertz CT molecular complexity index is 422. The molecule has 1 aromatic rings. The van der Waals surface area contributed by atoms with Crippen LogP contribution in [-0.2, 0) is 9.53 Å². The zero-order chi connectivity index (χ0) is 13.5. The molecule has 1 atom stereocenters. The summed E-state index contributed by atoms with van der Waals surface area (Å²) in [5.74, 6) is -1.62. The normalized spacial score (nSPS) is 11.9. The molecule has 0 saturated heterocycles. The number of aliphatic carboxylic acids is 1. The van der Waals surface area contributed by atoms with Gasteiger partial charge < -0.3 is 15.2 Å². The van der Waals surface area contributed by atoms with E-state index in [4.69, 9.17) is 21.4 Å². The number of rotatable bonds is 6. The van der Waals surface area contributed by atoms with Crippen molar-refractivity contribution < 1.29 is 19.4 Å². The van der Waals surface area contributed by atoms with E-state index in [0.717, 1.165) is 0 Å². The standard InChI is InChI=1S/C11H13ClN2O4/c1-18-5-4-8(11(16)17)14-10(15)7-2-3-9(12)13-6-7/h2-3,6,8H,4-5H2,1H3,(H,14,15)(H,16,17). The molecule has 0 fully saturated rings. The molecule has 0 aliphatic carbocycles. The van der Waals surface area contributed by atoms with E-state index in [2.05, 4.69) is 10.3 Å². The van der Waals surface area contributed by atoms with Crippen molar-refractivity contribution in [1.82, 2.24) is 10.3 Å². The summed E-state index contributed by atoms with van der Waals surface area (Å²) in [4.78, 5) is 26.4. The number of hydrogen-bond acceptors (Lipinski definition) is 4. The third kappa shape index (κ3) is 4.31. The van der Waals surface area contributed by atoms with Crippen molar-refractivity contribution >= 4 is 23.5 Å². The SMILES string of the molecule is COCCC(NC(=O)c1ccc(Cl)nc1)C(=O)O. The number of nitrogens with zero attached hydrogens (tertiary/aromatic N) is 1. The molecule has 0 aliphatic heterocycles. The predicted octanol–water partition coefficient (Wildman–Crippen LogP) is 0.955. The molecule has 2 N–H and O–H groups in total. The Kier molecular flexibility index (Phi) is 5.54. The summed E-state index contributed by atoms with van der Waals surface area (Å²) < 4.78 is 4.78. The molecule has 1 rings (SSSR count). The first-order valence-electron chi connectivity index (χ1n) is 5.18. The van der Waals surface area contributed by atoms with Crippen molar-refractivity contribution in [2.24, 2.45) is 0 Å². The van der Waals surface area contributed by atoms with Gasteiger partial charge in [-0.05, 0) is 12.1 Å². The number of methoxy groups -OCH3 is 1. The molecule has 1 heterocycles. The number of ether oxygens (including phenoxy) is 1. The van der Waals surface area contributed by atoms with E-state index < -0.39 is 17.9 Å². The second kappa shape index (κ2) is 6.93. The van der Waals surface area contributed by atoms with E-state index >= 15 is 0 Å². The highest BCUT2D eigenvalue weighted by atomic mass is 35.5. The molecule has 6 nitrogen and oxygen atoms in total. The van der Waals surface area contributed by atoms with E-state index in [1.54, 1.807) is 0 Å². The van der Waals surface area contributed by atoms with Crippen molar-refractivity contribution in [3.63, 3.8) is 0 Å². The molecule has 0 saturated carbocycles. The molecule has 1 unspecified atom stereocenters. The highest BCUT2D eigenvalue weighted by Crippen LogP contribution is 2.06. The topological polar surface area (TPSA) is 88.5 Å². The molecule has 0 spiro atoms. The molecular weight excluding hydrogens is 260 g/mol. The van der Waals surface area contributed by atoms with Crippen molar-refractivity contribution in [3.8, 4) is 0 Å². The lowest BCUT2D eigenvalue weighted by Crippen LogP contribution is -2.41. The Hall–Kier alpha value is -1.66. The van der Waals surface area contributed by atoms with E-state index in [0.29, 0.717) is 0 Å². The van der Waals surface area contributed by atoms with Crippen LogP contribution in [0.15, 0.2) is 18.3 Å². The highest BCUT2D eigenvalue weighted by Gasteiger charge is 2.20. The molecule has 7 heteroatoms. The zero-order valence-corrected chi connectivity index (χ0v) is 10.5. The Balaban J connectivity index is 2.66. The van der Waals surface area contributed by atoms with Crippen molar-refractivity contribution in [3.05, 3.63) is 29.0 Å². The van der Waals surface area contributed by atoms with Gasteiger partial charge in [-0.15, -0.1) is 0 Å². The molecule has 18 heavy (non-hydrogen) atoms. The molecule has 0 radical (unpaired) electrons. The van der Waals surface area contributed by atoms with Gasteiger partial charge >= 0.3 is 5.97 Å². The minimum absolute atomic E-state index is 0.193. The maximum absolute atomic E-state index is 11.7. The lowest BCUT2D eigenvalue weighted by Gasteiger charge is -2.13. The van der Waals surface area contributed by atoms with Crippen LogP contribution in [0.2, 0.25) is 5.15 Å². The Morgan fingerprint density at radius 2 is 2.28 bits per heavy atom. The molecule has 1 aromatic heterocycles. The fourth-order valence-electron chi connectivity index (χ4n) is 1.24. The summed E-state index contributed by atoms with van der Waals surface area (Å²) in [6, 6.07) is 1.94. The first kappa shape index (κ1) is 14.4. The Morgan fingerprint density at radius 3 is 2.78 bits per heavy atom. The van der Waals surface area contributed by atoms with Crippen molar-refractivity contribution in [2.45, 2.75) is 12.5 Å². The Morgan fingerprint density at radius 1 is 1.56 bits per heavy atom. The maximum Gasteiger partial charge on any atom is 0.326 e. The van der Waals surface area contributed by atoms with Crippen molar-refractivity contribution in [2.75, 3.05) is 13.7 Å². The predicted molar refractivity (Wildman–Crippen MR) is 64.6 cm³/mol. The molecule has 1 amide bonds. The molecule has 0 aromatic carbocycles. The highest BCUT2D eigenvalue weighted by molar-refractivity contribution is 6.29. The van der Waals surface area contributed by atoms with Crippen LogP contribution in [0, 0.1) is 0 Å². The summed E-state index contributed by atoms with van der Waals surface area (Å²) >= 11 is 5.59. The number of nitrogens with one attached hydrogen (secondary N) is 1. The number of carboxylic acids is 1. The van der Waals surface area contributed by atoms with E-state index in [9.17, 15) is 9.59 Å². The number of carbonyl (C=O) groups excluding carboxylic acids is 1. The molecule has 0 aliphatic rings. The zero-order valence-electron chi connectivity index (χ0n) is 9.72. The minimum Gasteiger partial charge on any atom is -0.480 e. The fraction of sp³-hybridized carbons (Fsp3) is 0.364. The Labute approximate surface area is 109 Å². The van der Waals surface area contributed by atoms with Gasteiger partial charge in [0.05, 0.1) is 5.56 Å². The van der Waals surface area contributed by atoms with Crippen LogP contribution in [0.25, 0.3) is 0 Å². The van der Waals surface area contributed by atoms with Gasteiger partial charge in [0.25, 0.3) is 5.91 Å². The lowest BCUT2D eigenvalue weighted by molar-refractivity contribution is -0.139. The van der Waals surface area contributed by atoms with Gasteiger partial charge in [0.1, 0.15) is 11.2 Å². The van der Waals surface area contributed by atoms with Crippen LogP contribution in [-0.4, -0.2) is 41.7 Å². The van der Waals surface area contributed by atoms with Gasteiger partial charge in [0.2, 0.25) is 0 Å². The summed E-state index contributed by atoms with van der Waals surface area (Å²) in [6.07, 6.45) is 1.48. The smallest absolute Gasteiger partial charge is 0.326 e. The number of hydrogen-bond donors (Lipinski definition) is 2. The number of carbonyl (C=O) groups is 2. The van der Waals surface area contributed by atoms with Crippen LogP contribution in [0.4, 0.5) is 0 Å². The van der Waals surface area contributed by atoms with Crippen LogP contribution in [0.5, 0.6) is 0 Å². The van der Waals surface area contributed by atoms with Gasteiger partial charge in [-0.1, -0.05) is 11.6 Å². The van der Waals surface area contributed by atoms with Crippen LogP contribution in [0.3, 0.4) is 0 Å². The lowest BCUT2D eigenvalue weighted by atomic mass is 10.2. The molecule has 98 valence electrons. The van der Waals surface area contributed by atoms with Gasteiger partial charge in [0.15, 0.2) is 0 Å². The largest absolute Gasteiger partial charge is 0.480 e. The number of halogens is 1. The molecule has 0 bridgehead atoms. The average Bonchev–Trinajstić information content (AvgIpc) is 2.34. The summed E-state index contributed by atoms with van der Waals surface area (Å²) in [6.45, 7) is 0.246. The first-order chi connectivity index (χ1) is 8.54. The second-order valence-electron chi connectivity index (χ2n) is 3.52.